The van der Waals surface area contributed by atoms with Gasteiger partial charge in [-0.2, -0.15) is 0 Å². The highest BCUT2D eigenvalue weighted by Crippen LogP contribution is 2.55. The van der Waals surface area contributed by atoms with Gasteiger partial charge in [0.25, 0.3) is 5.91 Å². The maximum Gasteiger partial charge on any atom is 0.252 e. The Morgan fingerprint density at radius 3 is 2.24 bits per heavy atom. The highest BCUT2D eigenvalue weighted by molar-refractivity contribution is 5.99. The zero-order valence-electron chi connectivity index (χ0n) is 37.3. The lowest BCUT2D eigenvalue weighted by Crippen LogP contribution is -2.51. The summed E-state index contributed by atoms with van der Waals surface area (Å²) in [5.41, 5.74) is 10.3. The van der Waals surface area contributed by atoms with E-state index in [1.165, 1.54) is 65.7 Å². The molecule has 10 nitrogen and oxygen atoms in total. The number of methoxy groups -OCH3 is 1. The van der Waals surface area contributed by atoms with Gasteiger partial charge in [0.2, 0.25) is 11.8 Å². The van der Waals surface area contributed by atoms with Crippen LogP contribution in [0.25, 0.3) is 0 Å². The molecule has 2 aliphatic carbocycles. The van der Waals surface area contributed by atoms with E-state index in [1.807, 2.05) is 39.2 Å². The molecule has 11 rings (SSSR count). The number of phenolic OH excluding ortho intramolecular Hbond substituents is 1. The molecule has 5 aliphatic heterocycles. The largest absolute Gasteiger partial charge is 0.508 e. The number of hydrogen-bond donors (Lipinski definition) is 3. The molecule has 1 saturated carbocycles. The fourth-order valence-corrected chi connectivity index (χ4v) is 12.1. The number of aryl methyl sites for hydroxylation is 1. The monoisotopic (exact) mass is 852 g/mol. The molecule has 3 saturated heterocycles. The molecule has 2 spiro atoms. The fraction of sp³-hybridized carbons (Fsp3) is 0.491. The van der Waals surface area contributed by atoms with E-state index in [-0.39, 0.29) is 29.1 Å². The van der Waals surface area contributed by atoms with Crippen molar-refractivity contribution < 1.29 is 29.0 Å². The second-order valence-electron chi connectivity index (χ2n) is 19.0. The Kier molecular flexibility index (Phi) is 12.3. The smallest absolute Gasteiger partial charge is 0.252 e. The molecule has 4 fully saturated rings. The van der Waals surface area contributed by atoms with E-state index < -0.39 is 0 Å². The first-order valence-electron chi connectivity index (χ1n) is 23.6. The molecule has 4 aromatic rings. The summed E-state index contributed by atoms with van der Waals surface area (Å²) in [5.74, 6) is 3.32. The third-order valence-corrected chi connectivity index (χ3v) is 15.4. The lowest BCUT2D eigenvalue weighted by atomic mass is 9.57. The summed E-state index contributed by atoms with van der Waals surface area (Å²) < 4.78 is 12.4. The number of ether oxygens (including phenoxy) is 2. The molecule has 3 amide bonds. The number of anilines is 1. The molecule has 5 heterocycles. The van der Waals surface area contributed by atoms with Gasteiger partial charge < -0.3 is 29.7 Å². The van der Waals surface area contributed by atoms with Gasteiger partial charge in [0.05, 0.1) is 13.7 Å². The Labute approximate surface area is 372 Å². The zero-order valence-corrected chi connectivity index (χ0v) is 37.3. The molecule has 2 unspecified atom stereocenters. The van der Waals surface area contributed by atoms with Gasteiger partial charge in [0.1, 0.15) is 17.2 Å². The summed E-state index contributed by atoms with van der Waals surface area (Å²) in [6.07, 6.45) is 11.3. The maximum absolute atomic E-state index is 12.2. The van der Waals surface area contributed by atoms with Crippen LogP contribution in [0.2, 0.25) is 0 Å². The van der Waals surface area contributed by atoms with Gasteiger partial charge in [0, 0.05) is 78.8 Å². The first-order chi connectivity index (χ1) is 30.7. The molecule has 0 aromatic heterocycles. The SMILES string of the molecule is CC.COc1cc(N2CCC3(CC2)CC(CN2CCC4(CC2)COc2cc5c(cc24)CNC5=O)C3)ccc1C1c2ccc(O)cc2CCC1c1ccccc1.O=C1CCCC(=O)N1. The van der Waals surface area contributed by atoms with Crippen LogP contribution in [0.5, 0.6) is 17.2 Å². The van der Waals surface area contributed by atoms with E-state index in [4.69, 9.17) is 9.47 Å². The number of carbonyl (C=O) groups is 3. The number of amides is 3. The van der Waals surface area contributed by atoms with Crippen molar-refractivity contribution in [1.29, 1.82) is 0 Å². The summed E-state index contributed by atoms with van der Waals surface area (Å²) >= 11 is 0. The summed E-state index contributed by atoms with van der Waals surface area (Å²) in [7, 11) is 1.81. The number of likely N-dealkylation sites (tertiary alicyclic amines) is 1. The van der Waals surface area contributed by atoms with Crippen molar-refractivity contribution in [2.24, 2.45) is 11.3 Å². The van der Waals surface area contributed by atoms with E-state index in [2.05, 4.69) is 81.1 Å². The highest BCUT2D eigenvalue weighted by Gasteiger charge is 2.48. The summed E-state index contributed by atoms with van der Waals surface area (Å²) in [4.78, 5) is 38.2. The predicted molar refractivity (Wildman–Crippen MR) is 246 cm³/mol. The first-order valence-corrected chi connectivity index (χ1v) is 23.6. The molecule has 332 valence electrons. The number of imide groups is 1. The van der Waals surface area contributed by atoms with Crippen molar-refractivity contribution in [1.82, 2.24) is 15.5 Å². The van der Waals surface area contributed by atoms with E-state index in [9.17, 15) is 19.5 Å². The molecule has 0 radical (unpaired) electrons. The number of piperidine rings is 3. The second-order valence-corrected chi connectivity index (χ2v) is 19.0. The van der Waals surface area contributed by atoms with Crippen molar-refractivity contribution >= 4 is 23.4 Å². The van der Waals surface area contributed by atoms with E-state index in [1.54, 1.807) is 0 Å². The number of aromatic hydroxyl groups is 1. The van der Waals surface area contributed by atoms with Gasteiger partial charge >= 0.3 is 0 Å². The van der Waals surface area contributed by atoms with Crippen molar-refractivity contribution in [2.75, 3.05) is 51.3 Å². The Bertz CT molecular complexity index is 2310. The fourth-order valence-electron chi connectivity index (χ4n) is 12.1. The number of fused-ring (bicyclic) bond motifs is 4. The van der Waals surface area contributed by atoms with E-state index in [0.29, 0.717) is 42.9 Å². The number of phenols is 1. The topological polar surface area (TPSA) is 120 Å². The van der Waals surface area contributed by atoms with Gasteiger partial charge in [-0.1, -0.05) is 56.3 Å². The van der Waals surface area contributed by atoms with Crippen LogP contribution in [0.4, 0.5) is 5.69 Å². The number of nitrogens with zero attached hydrogens (tertiary/aromatic N) is 2. The molecule has 10 heteroatoms. The van der Waals surface area contributed by atoms with Crippen molar-refractivity contribution in [3.63, 3.8) is 0 Å². The van der Waals surface area contributed by atoms with Crippen LogP contribution in [-0.4, -0.2) is 74.2 Å². The van der Waals surface area contributed by atoms with Gasteiger partial charge in [-0.3, -0.25) is 19.7 Å². The minimum atomic E-state index is -0.138. The van der Waals surface area contributed by atoms with Crippen LogP contribution in [0.1, 0.15) is 134 Å². The van der Waals surface area contributed by atoms with Crippen molar-refractivity contribution in [3.05, 3.63) is 118 Å². The standard InChI is InChI=1S/C46H51N3O4.C5H7NO2.C2H6/c1-52-41-23-34(8-11-38(41)43-36(31-5-3-2-4-6-31)10-7-32-21-35(50)9-12-37(32)43)49-19-13-45(14-20-49)25-30(26-45)28-48-17-15-46(16-18-48)29-53-42-24-39-33(22-40(42)46)27-47-44(39)51;7-4-2-1-3-5(8)6-4;1-2/h2-6,8-9,11-12,21-24,30,36,43,50H,7,10,13-20,25-29H2,1H3,(H,47,51);1-3H2,(H,6,7,8);1-2H3. The van der Waals surface area contributed by atoms with Gasteiger partial charge in [-0.05, 0) is 141 Å². The number of hydrogen-bond acceptors (Lipinski definition) is 8. The maximum atomic E-state index is 12.2. The van der Waals surface area contributed by atoms with Crippen LogP contribution in [0.15, 0.2) is 78.9 Å². The third-order valence-electron chi connectivity index (χ3n) is 15.4. The van der Waals surface area contributed by atoms with E-state index >= 15 is 0 Å². The molecule has 7 aliphatic rings. The Hall–Kier alpha value is -5.35. The molecule has 3 N–H and O–H groups in total. The highest BCUT2D eigenvalue weighted by atomic mass is 16.5. The van der Waals surface area contributed by atoms with Crippen molar-refractivity contribution in [3.8, 4) is 17.2 Å². The second kappa shape index (κ2) is 18.0. The molecular weight excluding hydrogens is 789 g/mol. The minimum Gasteiger partial charge on any atom is -0.508 e. The summed E-state index contributed by atoms with van der Waals surface area (Å²) in [6, 6.07) is 28.0. The van der Waals surface area contributed by atoms with Crippen LogP contribution in [0.3, 0.4) is 0 Å². The third kappa shape index (κ3) is 8.55. The van der Waals surface area contributed by atoms with E-state index in [0.717, 1.165) is 87.0 Å². The molecule has 4 aromatic carbocycles. The first kappa shape index (κ1) is 42.9. The molecule has 0 bridgehead atoms. The van der Waals surface area contributed by atoms with Gasteiger partial charge in [0.15, 0.2) is 0 Å². The number of carbonyl (C=O) groups excluding carboxylic acids is 3. The van der Waals surface area contributed by atoms with Crippen LogP contribution >= 0.6 is 0 Å². The molecular formula is C53H64N4O6. The lowest BCUT2D eigenvalue weighted by molar-refractivity contribution is -0.132. The van der Waals surface area contributed by atoms with Gasteiger partial charge in [-0.15, -0.1) is 0 Å². The van der Waals surface area contributed by atoms with Gasteiger partial charge in [-0.25, -0.2) is 0 Å². The number of rotatable bonds is 6. The number of nitrogens with one attached hydrogen (secondary N) is 2. The van der Waals surface area contributed by atoms with Crippen molar-refractivity contribution in [2.45, 2.75) is 108 Å². The summed E-state index contributed by atoms with van der Waals surface area (Å²) in [5, 5.41) is 15.5. The Morgan fingerprint density at radius 2 is 1.54 bits per heavy atom. The normalized spacial score (nSPS) is 23.1. The average Bonchev–Trinajstić information content (AvgIpc) is 3.84. The Balaban J connectivity index is 0.000000452. The average molecular weight is 853 g/mol. The Morgan fingerprint density at radius 1 is 0.810 bits per heavy atom. The zero-order chi connectivity index (χ0) is 43.7. The quantitative estimate of drug-likeness (QED) is 0.165. The number of benzene rings is 4. The molecule has 2 atom stereocenters. The predicted octanol–water partition coefficient (Wildman–Crippen LogP) is 8.77. The summed E-state index contributed by atoms with van der Waals surface area (Å²) in [6.45, 7) is 11.1. The molecule has 63 heavy (non-hydrogen) atoms. The lowest BCUT2D eigenvalue weighted by Gasteiger charge is -2.54. The van der Waals surface area contributed by atoms with Crippen LogP contribution in [0, 0.1) is 11.3 Å². The minimum absolute atomic E-state index is 0.0303. The van der Waals surface area contributed by atoms with Crippen LogP contribution in [-0.2, 0) is 28.0 Å². The van der Waals surface area contributed by atoms with Crippen LogP contribution < -0.4 is 25.0 Å².